The molecule has 8 heteroatoms. The highest BCUT2D eigenvalue weighted by Crippen LogP contribution is 2.25. The molecule has 0 unspecified atom stereocenters. The number of carbonyl (C=O) groups excluding carboxylic acids is 2. The number of halogens is 1. The van der Waals surface area contributed by atoms with Crippen molar-refractivity contribution in [2.45, 2.75) is 26.2 Å². The zero-order valence-electron chi connectivity index (χ0n) is 14.7. The van der Waals surface area contributed by atoms with E-state index in [-0.39, 0.29) is 10.6 Å². The molecule has 0 spiro atoms. The molecule has 1 amide bonds. The number of nitro groups is 1. The highest BCUT2D eigenvalue weighted by atomic mass is 35.5. The van der Waals surface area contributed by atoms with E-state index in [1.165, 1.54) is 17.7 Å². The number of hydrogen-bond donors (Lipinski definition) is 1. The molecule has 0 bridgehead atoms. The van der Waals surface area contributed by atoms with Crippen LogP contribution in [0.4, 0.5) is 11.4 Å². The number of hydrogen-bond acceptors (Lipinski definition) is 5. The van der Waals surface area contributed by atoms with Crippen molar-refractivity contribution in [2.24, 2.45) is 0 Å². The summed E-state index contributed by atoms with van der Waals surface area (Å²) in [6, 6.07) is 11.0. The number of ether oxygens (including phenoxy) is 1. The minimum Gasteiger partial charge on any atom is -0.452 e. The van der Waals surface area contributed by atoms with E-state index in [1.807, 2.05) is 12.1 Å². The van der Waals surface area contributed by atoms with Crippen molar-refractivity contribution in [1.82, 2.24) is 0 Å². The van der Waals surface area contributed by atoms with E-state index in [0.717, 1.165) is 25.3 Å². The third-order valence-corrected chi connectivity index (χ3v) is 4.09. The quantitative estimate of drug-likeness (QED) is 0.409. The summed E-state index contributed by atoms with van der Waals surface area (Å²) in [5.41, 5.74) is 1.32. The summed E-state index contributed by atoms with van der Waals surface area (Å²) in [6.07, 6.45) is 3.20. The van der Waals surface area contributed by atoms with Crippen molar-refractivity contribution in [3.63, 3.8) is 0 Å². The van der Waals surface area contributed by atoms with E-state index in [0.29, 0.717) is 5.69 Å². The normalized spacial score (nSPS) is 10.3. The van der Waals surface area contributed by atoms with Crippen LogP contribution in [0.1, 0.15) is 35.7 Å². The van der Waals surface area contributed by atoms with Gasteiger partial charge < -0.3 is 10.1 Å². The van der Waals surface area contributed by atoms with Crippen LogP contribution in [0.3, 0.4) is 0 Å². The van der Waals surface area contributed by atoms with Gasteiger partial charge in [0.15, 0.2) is 6.61 Å². The number of unbranched alkanes of at least 4 members (excludes halogenated alkanes) is 1. The first-order chi connectivity index (χ1) is 12.9. The van der Waals surface area contributed by atoms with Crippen LogP contribution in [0.2, 0.25) is 5.02 Å². The largest absolute Gasteiger partial charge is 0.452 e. The molecule has 142 valence electrons. The molecule has 0 radical (unpaired) electrons. The van der Waals surface area contributed by atoms with Gasteiger partial charge in [0.2, 0.25) is 0 Å². The van der Waals surface area contributed by atoms with Crippen molar-refractivity contribution in [3.05, 3.63) is 68.7 Å². The number of amides is 1. The topological polar surface area (TPSA) is 98.5 Å². The van der Waals surface area contributed by atoms with Gasteiger partial charge >= 0.3 is 5.97 Å². The molecule has 27 heavy (non-hydrogen) atoms. The van der Waals surface area contributed by atoms with E-state index in [4.69, 9.17) is 16.3 Å². The standard InChI is InChI=1S/C19H19ClN2O5/c1-2-3-4-13-5-8-15(9-6-13)21-18(23)12-27-19(24)14-7-10-16(20)17(11-14)22(25)26/h5-11H,2-4,12H2,1H3,(H,21,23). The van der Waals surface area contributed by atoms with E-state index in [9.17, 15) is 19.7 Å². The molecule has 7 nitrogen and oxygen atoms in total. The maximum atomic E-state index is 12.0. The molecule has 0 aliphatic carbocycles. The number of nitrogens with one attached hydrogen (secondary N) is 1. The molecule has 2 aromatic carbocycles. The molecule has 0 saturated carbocycles. The Labute approximate surface area is 161 Å². The van der Waals surface area contributed by atoms with Gasteiger partial charge in [0, 0.05) is 11.8 Å². The van der Waals surface area contributed by atoms with Crippen LogP contribution >= 0.6 is 11.6 Å². The fourth-order valence-corrected chi connectivity index (χ4v) is 2.51. The number of anilines is 1. The fourth-order valence-electron chi connectivity index (χ4n) is 2.33. The summed E-state index contributed by atoms with van der Waals surface area (Å²) in [7, 11) is 0. The lowest BCUT2D eigenvalue weighted by Gasteiger charge is -2.08. The van der Waals surface area contributed by atoms with Crippen molar-refractivity contribution in [3.8, 4) is 0 Å². The third-order valence-electron chi connectivity index (χ3n) is 3.77. The number of carbonyl (C=O) groups is 2. The van der Waals surface area contributed by atoms with Crippen LogP contribution in [0.25, 0.3) is 0 Å². The number of aryl methyl sites for hydroxylation is 1. The molecule has 1 N–H and O–H groups in total. The molecule has 0 atom stereocenters. The lowest BCUT2D eigenvalue weighted by Crippen LogP contribution is -2.21. The Morgan fingerprint density at radius 1 is 1.19 bits per heavy atom. The van der Waals surface area contributed by atoms with Gasteiger partial charge in [-0.15, -0.1) is 0 Å². The number of nitro benzene ring substituents is 1. The second-order valence-electron chi connectivity index (χ2n) is 5.85. The zero-order chi connectivity index (χ0) is 19.8. The van der Waals surface area contributed by atoms with Crippen LogP contribution in [0.5, 0.6) is 0 Å². The Morgan fingerprint density at radius 3 is 2.52 bits per heavy atom. The summed E-state index contributed by atoms with van der Waals surface area (Å²) in [4.78, 5) is 34.0. The van der Waals surface area contributed by atoms with Crippen molar-refractivity contribution >= 4 is 34.9 Å². The molecule has 0 heterocycles. The zero-order valence-corrected chi connectivity index (χ0v) is 15.5. The Bertz CT molecular complexity index is 836. The lowest BCUT2D eigenvalue weighted by molar-refractivity contribution is -0.384. The molecular weight excluding hydrogens is 372 g/mol. The van der Waals surface area contributed by atoms with Crippen LogP contribution in [-0.4, -0.2) is 23.4 Å². The smallest absolute Gasteiger partial charge is 0.338 e. The third kappa shape index (κ3) is 6.07. The summed E-state index contributed by atoms with van der Waals surface area (Å²) in [5, 5.41) is 13.4. The maximum absolute atomic E-state index is 12.0. The van der Waals surface area contributed by atoms with E-state index in [2.05, 4.69) is 12.2 Å². The SMILES string of the molecule is CCCCc1ccc(NC(=O)COC(=O)c2ccc(Cl)c([N+](=O)[O-])c2)cc1. The summed E-state index contributed by atoms with van der Waals surface area (Å²) < 4.78 is 4.90. The summed E-state index contributed by atoms with van der Waals surface area (Å²) >= 11 is 5.69. The van der Waals surface area contributed by atoms with Gasteiger partial charge in [-0.2, -0.15) is 0 Å². The van der Waals surface area contributed by atoms with Gasteiger partial charge in [-0.1, -0.05) is 37.1 Å². The fraction of sp³-hybridized carbons (Fsp3) is 0.263. The number of nitrogens with zero attached hydrogens (tertiary/aromatic N) is 1. The predicted molar refractivity (Wildman–Crippen MR) is 102 cm³/mol. The second kappa shape index (κ2) is 9.68. The van der Waals surface area contributed by atoms with E-state index in [1.54, 1.807) is 12.1 Å². The number of esters is 1. The molecule has 0 aliphatic rings. The minimum atomic E-state index is -0.847. The Hall–Kier alpha value is -2.93. The van der Waals surface area contributed by atoms with Gasteiger partial charge in [-0.25, -0.2) is 4.79 Å². The van der Waals surface area contributed by atoms with Crippen molar-refractivity contribution in [2.75, 3.05) is 11.9 Å². The van der Waals surface area contributed by atoms with Gasteiger partial charge in [0.1, 0.15) is 5.02 Å². The van der Waals surface area contributed by atoms with Gasteiger partial charge in [-0.05, 0) is 42.7 Å². The average molecular weight is 391 g/mol. The van der Waals surface area contributed by atoms with Gasteiger partial charge in [0.25, 0.3) is 11.6 Å². The van der Waals surface area contributed by atoms with Crippen molar-refractivity contribution in [1.29, 1.82) is 0 Å². The molecule has 0 fully saturated rings. The molecular formula is C19H19ClN2O5. The number of benzene rings is 2. The van der Waals surface area contributed by atoms with E-state index < -0.39 is 29.1 Å². The summed E-state index contributed by atoms with van der Waals surface area (Å²) in [5.74, 6) is -1.35. The van der Waals surface area contributed by atoms with E-state index >= 15 is 0 Å². The number of rotatable bonds is 8. The molecule has 2 aromatic rings. The summed E-state index contributed by atoms with van der Waals surface area (Å²) in [6.45, 7) is 1.62. The monoisotopic (exact) mass is 390 g/mol. The first-order valence-electron chi connectivity index (χ1n) is 8.40. The first kappa shape index (κ1) is 20.4. The van der Waals surface area contributed by atoms with Crippen LogP contribution in [-0.2, 0) is 16.0 Å². The van der Waals surface area contributed by atoms with Crippen LogP contribution in [0.15, 0.2) is 42.5 Å². The average Bonchev–Trinajstić information content (AvgIpc) is 2.65. The highest BCUT2D eigenvalue weighted by Gasteiger charge is 2.18. The Kier molecular flexibility index (Phi) is 7.31. The minimum absolute atomic E-state index is 0.0563. The molecule has 0 saturated heterocycles. The maximum Gasteiger partial charge on any atom is 0.338 e. The Balaban J connectivity index is 1.89. The molecule has 0 aliphatic heterocycles. The van der Waals surface area contributed by atoms with Crippen molar-refractivity contribution < 1.29 is 19.2 Å². The molecule has 2 rings (SSSR count). The highest BCUT2D eigenvalue weighted by molar-refractivity contribution is 6.32. The molecule has 0 aromatic heterocycles. The van der Waals surface area contributed by atoms with Crippen LogP contribution in [0, 0.1) is 10.1 Å². The lowest BCUT2D eigenvalue weighted by atomic mass is 10.1. The van der Waals surface area contributed by atoms with Gasteiger partial charge in [0.05, 0.1) is 10.5 Å². The first-order valence-corrected chi connectivity index (χ1v) is 8.78. The van der Waals surface area contributed by atoms with Gasteiger partial charge in [-0.3, -0.25) is 14.9 Å². The second-order valence-corrected chi connectivity index (χ2v) is 6.26. The van der Waals surface area contributed by atoms with Crippen LogP contribution < -0.4 is 5.32 Å². The predicted octanol–water partition coefficient (Wildman–Crippen LogP) is 4.39. The Morgan fingerprint density at radius 2 is 1.89 bits per heavy atom.